The van der Waals surface area contributed by atoms with Gasteiger partial charge in [0.2, 0.25) is 0 Å². The molecule has 0 unspecified atom stereocenters. The van der Waals surface area contributed by atoms with Gasteiger partial charge < -0.3 is 5.32 Å². The lowest BCUT2D eigenvalue weighted by atomic mass is 10.2. The first-order valence-electron chi connectivity index (χ1n) is 5.20. The number of pyridine rings is 2. The second-order valence-electron chi connectivity index (χ2n) is 3.60. The van der Waals surface area contributed by atoms with Crippen LogP contribution in [0, 0.1) is 10.1 Å². The van der Waals surface area contributed by atoms with Gasteiger partial charge in [0.15, 0.2) is 0 Å². The Morgan fingerprint density at radius 2 is 2.00 bits per heavy atom. The molecular weight excluding hydrogens is 307 g/mol. The normalized spacial score (nSPS) is 10.1. The Morgan fingerprint density at radius 3 is 2.60 bits per heavy atom. The maximum atomic E-state index is 12.0. The first-order chi connectivity index (χ1) is 9.47. The van der Waals surface area contributed by atoms with Crippen LogP contribution >= 0.6 is 23.2 Å². The molecule has 20 heavy (non-hydrogen) atoms. The average Bonchev–Trinajstić information content (AvgIpc) is 2.41. The van der Waals surface area contributed by atoms with Crippen molar-refractivity contribution in [1.29, 1.82) is 0 Å². The summed E-state index contributed by atoms with van der Waals surface area (Å²) in [5.74, 6) is -0.414. The third kappa shape index (κ3) is 3.19. The Morgan fingerprint density at radius 1 is 1.25 bits per heavy atom. The highest BCUT2D eigenvalue weighted by Gasteiger charge is 2.17. The third-order valence-corrected chi connectivity index (χ3v) is 2.77. The van der Waals surface area contributed by atoms with E-state index in [1.54, 1.807) is 0 Å². The van der Waals surface area contributed by atoms with E-state index in [0.29, 0.717) is 5.02 Å². The van der Waals surface area contributed by atoms with Crippen LogP contribution in [0.15, 0.2) is 30.6 Å². The monoisotopic (exact) mass is 312 g/mol. The van der Waals surface area contributed by atoms with Crippen LogP contribution in [0.25, 0.3) is 0 Å². The van der Waals surface area contributed by atoms with Gasteiger partial charge in [0.25, 0.3) is 11.6 Å². The van der Waals surface area contributed by atoms with Gasteiger partial charge >= 0.3 is 0 Å². The van der Waals surface area contributed by atoms with Crippen LogP contribution in [0.4, 0.5) is 11.5 Å². The maximum absolute atomic E-state index is 12.0. The summed E-state index contributed by atoms with van der Waals surface area (Å²) in [5, 5.41) is 13.4. The van der Waals surface area contributed by atoms with E-state index in [2.05, 4.69) is 15.3 Å². The first kappa shape index (κ1) is 14.2. The number of nitro groups is 1. The van der Waals surface area contributed by atoms with Crippen molar-refractivity contribution in [3.05, 3.63) is 56.4 Å². The van der Waals surface area contributed by atoms with Crippen molar-refractivity contribution in [2.45, 2.75) is 0 Å². The number of nitrogens with zero attached hydrogens (tertiary/aromatic N) is 3. The molecule has 0 fully saturated rings. The maximum Gasteiger partial charge on any atom is 0.288 e. The number of aromatic nitrogens is 2. The van der Waals surface area contributed by atoms with Gasteiger partial charge in [-0.3, -0.25) is 14.9 Å². The second kappa shape index (κ2) is 5.81. The molecule has 0 aromatic carbocycles. The molecule has 0 radical (unpaired) electrons. The fourth-order valence-electron chi connectivity index (χ4n) is 1.33. The summed E-state index contributed by atoms with van der Waals surface area (Å²) in [6, 6.07) is 4.07. The molecule has 0 spiro atoms. The zero-order valence-corrected chi connectivity index (χ0v) is 11.2. The van der Waals surface area contributed by atoms with Crippen molar-refractivity contribution in [3.63, 3.8) is 0 Å². The highest BCUT2D eigenvalue weighted by molar-refractivity contribution is 6.33. The fraction of sp³-hybridized carbons (Fsp3) is 0. The van der Waals surface area contributed by atoms with Gasteiger partial charge in [0.1, 0.15) is 17.2 Å². The Hall–Kier alpha value is -2.25. The van der Waals surface area contributed by atoms with E-state index in [1.165, 1.54) is 18.3 Å². The summed E-state index contributed by atoms with van der Waals surface area (Å²) in [6.45, 7) is 0. The summed E-state index contributed by atoms with van der Waals surface area (Å²) in [7, 11) is 0. The number of nitrogens with one attached hydrogen (secondary N) is 1. The Bertz CT molecular complexity index is 676. The van der Waals surface area contributed by atoms with Crippen LogP contribution in [0.1, 0.15) is 10.4 Å². The van der Waals surface area contributed by atoms with Gasteiger partial charge in [-0.1, -0.05) is 23.2 Å². The predicted octanol–water partition coefficient (Wildman–Crippen LogP) is 2.94. The second-order valence-corrected chi connectivity index (χ2v) is 4.40. The van der Waals surface area contributed by atoms with Gasteiger partial charge in [0, 0.05) is 12.3 Å². The first-order valence-corrected chi connectivity index (χ1v) is 5.96. The molecule has 0 bridgehead atoms. The molecule has 2 aromatic heterocycles. The summed E-state index contributed by atoms with van der Waals surface area (Å²) in [6.07, 6.45) is 2.32. The van der Waals surface area contributed by atoms with E-state index in [1.807, 2.05) is 0 Å². The zero-order chi connectivity index (χ0) is 14.7. The molecule has 2 aromatic rings. The van der Waals surface area contributed by atoms with Crippen LogP contribution in [0.3, 0.4) is 0 Å². The topological polar surface area (TPSA) is 98.0 Å². The van der Waals surface area contributed by atoms with Crippen LogP contribution in [0.5, 0.6) is 0 Å². The lowest BCUT2D eigenvalue weighted by molar-refractivity contribution is -0.385. The summed E-state index contributed by atoms with van der Waals surface area (Å²) >= 11 is 11.4. The van der Waals surface area contributed by atoms with E-state index in [0.717, 1.165) is 12.3 Å². The van der Waals surface area contributed by atoms with Crippen molar-refractivity contribution in [2.75, 3.05) is 5.32 Å². The molecule has 0 aliphatic rings. The molecule has 0 saturated heterocycles. The highest BCUT2D eigenvalue weighted by Crippen LogP contribution is 2.20. The van der Waals surface area contributed by atoms with E-state index in [-0.39, 0.29) is 22.2 Å². The Kier molecular flexibility index (Phi) is 4.11. The minimum atomic E-state index is -0.666. The molecule has 2 rings (SSSR count). The van der Waals surface area contributed by atoms with E-state index >= 15 is 0 Å². The summed E-state index contributed by atoms with van der Waals surface area (Å²) in [4.78, 5) is 29.4. The standard InChI is InChI=1S/C11H6Cl2N4O3/c12-6-1-2-9(14-4-6)16-11(18)8-3-7(17(19)20)5-15-10(8)13/h1-5H,(H,14,16,18). The molecular formula is C11H6Cl2N4O3. The van der Waals surface area contributed by atoms with E-state index in [4.69, 9.17) is 23.2 Å². The molecule has 9 heteroatoms. The largest absolute Gasteiger partial charge is 0.306 e. The van der Waals surface area contributed by atoms with Gasteiger partial charge in [0.05, 0.1) is 15.5 Å². The molecule has 0 saturated carbocycles. The third-order valence-electron chi connectivity index (χ3n) is 2.25. The van der Waals surface area contributed by atoms with Crippen LogP contribution in [-0.2, 0) is 0 Å². The van der Waals surface area contributed by atoms with Crippen molar-refractivity contribution >= 4 is 40.6 Å². The smallest absolute Gasteiger partial charge is 0.288 e. The van der Waals surface area contributed by atoms with Gasteiger partial charge in [-0.05, 0) is 12.1 Å². The lowest BCUT2D eigenvalue weighted by Gasteiger charge is -2.05. The van der Waals surface area contributed by atoms with Crippen molar-refractivity contribution in [1.82, 2.24) is 9.97 Å². The number of halogens is 2. The summed E-state index contributed by atoms with van der Waals surface area (Å²) in [5.41, 5.74) is -0.443. The average molecular weight is 313 g/mol. The van der Waals surface area contributed by atoms with Gasteiger partial charge in [-0.2, -0.15) is 0 Å². The van der Waals surface area contributed by atoms with E-state index < -0.39 is 10.8 Å². The fourth-order valence-corrected chi connectivity index (χ4v) is 1.63. The van der Waals surface area contributed by atoms with Crippen LogP contribution in [-0.4, -0.2) is 20.8 Å². The number of anilines is 1. The summed E-state index contributed by atoms with van der Waals surface area (Å²) < 4.78 is 0. The van der Waals surface area contributed by atoms with E-state index in [9.17, 15) is 14.9 Å². The van der Waals surface area contributed by atoms with Crippen LogP contribution in [0.2, 0.25) is 10.2 Å². The SMILES string of the molecule is O=C(Nc1ccc(Cl)cn1)c1cc([N+](=O)[O-])cnc1Cl. The predicted molar refractivity (Wildman–Crippen MR) is 73.1 cm³/mol. The van der Waals surface area contributed by atoms with Crippen molar-refractivity contribution < 1.29 is 9.72 Å². The number of carbonyl (C=O) groups is 1. The zero-order valence-electron chi connectivity index (χ0n) is 9.71. The van der Waals surface area contributed by atoms with Gasteiger partial charge in [-0.15, -0.1) is 0 Å². The molecule has 7 nitrogen and oxygen atoms in total. The van der Waals surface area contributed by atoms with Crippen molar-refractivity contribution in [3.8, 4) is 0 Å². The number of hydrogen-bond acceptors (Lipinski definition) is 5. The molecule has 1 N–H and O–H groups in total. The highest BCUT2D eigenvalue weighted by atomic mass is 35.5. The number of amides is 1. The molecule has 1 amide bonds. The minimum Gasteiger partial charge on any atom is -0.306 e. The minimum absolute atomic E-state index is 0.113. The van der Waals surface area contributed by atoms with Crippen LogP contribution < -0.4 is 5.32 Å². The van der Waals surface area contributed by atoms with Gasteiger partial charge in [-0.25, -0.2) is 9.97 Å². The number of carbonyl (C=O) groups excluding carboxylic acids is 1. The lowest BCUT2D eigenvalue weighted by Crippen LogP contribution is -2.14. The molecule has 0 atom stereocenters. The van der Waals surface area contributed by atoms with Crippen molar-refractivity contribution in [2.24, 2.45) is 0 Å². The molecule has 2 heterocycles. The molecule has 0 aliphatic heterocycles. The molecule has 0 aliphatic carbocycles. The Balaban J connectivity index is 2.26. The number of rotatable bonds is 3. The molecule has 102 valence electrons. The number of hydrogen-bond donors (Lipinski definition) is 1. The Labute approximate surface area is 122 Å². The quantitative estimate of drug-likeness (QED) is 0.533.